The number of hydrogen-bond acceptors (Lipinski definition) is 5. The van der Waals surface area contributed by atoms with Gasteiger partial charge in [0.05, 0.1) is 29.1 Å². The smallest absolute Gasteiger partial charge is 0.251 e. The van der Waals surface area contributed by atoms with E-state index in [9.17, 15) is 9.90 Å². The van der Waals surface area contributed by atoms with E-state index in [2.05, 4.69) is 49.7 Å². The molecule has 3 fully saturated rings. The molecule has 1 aliphatic heterocycles. The van der Waals surface area contributed by atoms with Crippen molar-refractivity contribution in [2.75, 3.05) is 18.0 Å². The van der Waals surface area contributed by atoms with Crippen LogP contribution in [-0.2, 0) is 0 Å². The van der Waals surface area contributed by atoms with Crippen LogP contribution in [0.5, 0.6) is 0 Å². The Bertz CT molecular complexity index is 1440. The van der Waals surface area contributed by atoms with Gasteiger partial charge in [-0.05, 0) is 74.1 Å². The van der Waals surface area contributed by atoms with Crippen molar-refractivity contribution < 1.29 is 9.90 Å². The largest absolute Gasteiger partial charge is 0.393 e. The van der Waals surface area contributed by atoms with Crippen LogP contribution in [0.2, 0.25) is 0 Å². The number of carbonyl (C=O) groups excluding carboxylic acids is 1. The Morgan fingerprint density at radius 2 is 1.84 bits per heavy atom. The summed E-state index contributed by atoms with van der Waals surface area (Å²) in [5, 5.41) is 21.6. The van der Waals surface area contributed by atoms with Crippen LogP contribution in [0.25, 0.3) is 22.2 Å². The number of rotatable bonds is 6. The van der Waals surface area contributed by atoms with Crippen molar-refractivity contribution in [3.05, 3.63) is 78.1 Å². The summed E-state index contributed by atoms with van der Waals surface area (Å²) in [7, 11) is 0. The lowest BCUT2D eigenvalue weighted by Crippen LogP contribution is -2.63. The summed E-state index contributed by atoms with van der Waals surface area (Å²) < 4.78 is 0. The average Bonchev–Trinajstić information content (AvgIpc) is 3.59. The molecule has 4 aromatic rings. The number of amides is 1. The first-order valence-electron chi connectivity index (χ1n) is 13.8. The Morgan fingerprint density at radius 1 is 1.05 bits per heavy atom. The zero-order valence-electron chi connectivity index (χ0n) is 21.4. The van der Waals surface area contributed by atoms with E-state index >= 15 is 0 Å². The fourth-order valence-electron chi connectivity index (χ4n) is 6.86. The Morgan fingerprint density at radius 3 is 2.55 bits per heavy atom. The zero-order valence-corrected chi connectivity index (χ0v) is 21.4. The maximum atomic E-state index is 13.5. The number of nitrogens with one attached hydrogen (secondary N) is 2. The number of hydrogen-bond donors (Lipinski definition) is 3. The van der Waals surface area contributed by atoms with E-state index in [4.69, 9.17) is 0 Å². The highest BCUT2D eigenvalue weighted by atomic mass is 16.3. The van der Waals surface area contributed by atoms with Crippen LogP contribution >= 0.6 is 0 Å². The monoisotopic (exact) mass is 507 g/mol. The van der Waals surface area contributed by atoms with Gasteiger partial charge in [-0.15, -0.1) is 0 Å². The standard InChI is InChI=1S/C31H33N5O2/c37-24-16-31(17-24)18-36(19-31)23-11-8-21(9-12-23)28-25-15-22(10-13-26(25)34-35-28)30(38)33-29(20-5-1-2-6-20)27-7-3-4-14-32-27/h3-4,7-15,20,24,29,37H,1-2,5-6,16-19H2,(H,33,38)(H,34,35)/t29-/m0/s1. The lowest BCUT2D eigenvalue weighted by Gasteiger charge is -2.58. The number of fused-ring (bicyclic) bond motifs is 1. The fraction of sp³-hybridized carbons (Fsp3) is 0.387. The summed E-state index contributed by atoms with van der Waals surface area (Å²) >= 11 is 0. The number of pyridine rings is 1. The molecule has 7 heteroatoms. The number of aromatic nitrogens is 3. The normalized spacial score (nSPS) is 19.9. The molecule has 1 spiro atoms. The quantitative estimate of drug-likeness (QED) is 0.332. The van der Waals surface area contributed by atoms with Gasteiger partial charge in [0, 0.05) is 46.9 Å². The summed E-state index contributed by atoms with van der Waals surface area (Å²) in [6.45, 7) is 2.04. The van der Waals surface area contributed by atoms with Gasteiger partial charge >= 0.3 is 0 Å². The number of carbonyl (C=O) groups is 1. The Kier molecular flexibility index (Phi) is 5.69. The molecule has 194 valence electrons. The lowest BCUT2D eigenvalue weighted by atomic mass is 9.62. The molecule has 3 N–H and O–H groups in total. The van der Waals surface area contributed by atoms with Gasteiger partial charge in [0.15, 0.2) is 0 Å². The first-order chi connectivity index (χ1) is 18.6. The summed E-state index contributed by atoms with van der Waals surface area (Å²) in [5.74, 6) is 0.334. The molecule has 2 saturated carbocycles. The highest BCUT2D eigenvalue weighted by Gasteiger charge is 2.51. The number of aliphatic hydroxyl groups excluding tert-OH is 1. The molecule has 7 nitrogen and oxygen atoms in total. The molecule has 1 saturated heterocycles. The van der Waals surface area contributed by atoms with Crippen molar-refractivity contribution in [1.29, 1.82) is 0 Å². The Hall–Kier alpha value is -3.71. The Labute approximate surface area is 222 Å². The predicted octanol–water partition coefficient (Wildman–Crippen LogP) is 5.25. The van der Waals surface area contributed by atoms with E-state index < -0.39 is 0 Å². The molecule has 38 heavy (non-hydrogen) atoms. The first-order valence-corrected chi connectivity index (χ1v) is 13.8. The van der Waals surface area contributed by atoms with Crippen molar-refractivity contribution >= 4 is 22.5 Å². The Balaban J connectivity index is 1.11. The molecular weight excluding hydrogens is 474 g/mol. The topological polar surface area (TPSA) is 94.1 Å². The summed E-state index contributed by atoms with van der Waals surface area (Å²) in [5.41, 5.74) is 5.87. The van der Waals surface area contributed by atoms with Crippen LogP contribution in [0.3, 0.4) is 0 Å². The van der Waals surface area contributed by atoms with E-state index in [1.165, 1.54) is 18.5 Å². The van der Waals surface area contributed by atoms with Crippen LogP contribution in [0.1, 0.15) is 60.6 Å². The van der Waals surface area contributed by atoms with Gasteiger partial charge in [-0.25, -0.2) is 0 Å². The lowest BCUT2D eigenvalue weighted by molar-refractivity contribution is -0.0491. The van der Waals surface area contributed by atoms with Crippen LogP contribution in [-0.4, -0.2) is 45.4 Å². The summed E-state index contributed by atoms with van der Waals surface area (Å²) in [6.07, 6.45) is 8.19. The maximum Gasteiger partial charge on any atom is 0.251 e. The van der Waals surface area contributed by atoms with Crippen molar-refractivity contribution in [1.82, 2.24) is 20.5 Å². The van der Waals surface area contributed by atoms with Crippen LogP contribution in [0.4, 0.5) is 5.69 Å². The van der Waals surface area contributed by atoms with Crippen LogP contribution < -0.4 is 10.2 Å². The highest BCUT2D eigenvalue weighted by Crippen LogP contribution is 2.49. The third-order valence-corrected chi connectivity index (χ3v) is 8.88. The maximum absolute atomic E-state index is 13.5. The van der Waals surface area contributed by atoms with E-state index in [1.54, 1.807) is 6.20 Å². The van der Waals surface area contributed by atoms with Gasteiger partial charge < -0.3 is 15.3 Å². The van der Waals surface area contributed by atoms with Crippen molar-refractivity contribution in [2.24, 2.45) is 11.3 Å². The van der Waals surface area contributed by atoms with Gasteiger partial charge in [0.1, 0.15) is 0 Å². The molecule has 7 rings (SSSR count). The zero-order chi connectivity index (χ0) is 25.7. The number of aliphatic hydroxyl groups is 1. The van der Waals surface area contributed by atoms with Gasteiger partial charge in [-0.3, -0.25) is 14.9 Å². The minimum Gasteiger partial charge on any atom is -0.393 e. The van der Waals surface area contributed by atoms with Gasteiger partial charge in [0.2, 0.25) is 0 Å². The minimum atomic E-state index is -0.108. The van der Waals surface area contributed by atoms with E-state index in [0.29, 0.717) is 16.9 Å². The number of aromatic amines is 1. The highest BCUT2D eigenvalue weighted by molar-refractivity contribution is 6.01. The first kappa shape index (κ1) is 23.4. The van der Waals surface area contributed by atoms with Crippen molar-refractivity contribution in [3.63, 3.8) is 0 Å². The SMILES string of the molecule is O=C(N[C@H](c1ccccn1)C1CCCC1)c1ccc2[nH]nc(-c3ccc(N4CC5(CC(O)C5)C4)cc3)c2c1. The fourth-order valence-corrected chi connectivity index (χ4v) is 6.86. The van der Waals surface area contributed by atoms with Crippen molar-refractivity contribution in [2.45, 2.75) is 50.7 Å². The van der Waals surface area contributed by atoms with Crippen LogP contribution in [0, 0.1) is 11.3 Å². The molecule has 1 atom stereocenters. The molecule has 0 unspecified atom stereocenters. The molecule has 2 aromatic heterocycles. The van der Waals surface area contributed by atoms with Crippen molar-refractivity contribution in [3.8, 4) is 11.3 Å². The number of H-pyrrole nitrogens is 1. The van der Waals surface area contributed by atoms with Gasteiger partial charge in [-0.1, -0.05) is 31.0 Å². The third-order valence-electron chi connectivity index (χ3n) is 8.88. The minimum absolute atomic E-state index is 0.0789. The van der Waals surface area contributed by atoms with Crippen LogP contribution in [0.15, 0.2) is 66.9 Å². The molecule has 0 radical (unpaired) electrons. The molecule has 0 bridgehead atoms. The second-order valence-electron chi connectivity index (χ2n) is 11.5. The number of anilines is 1. The second-order valence-corrected chi connectivity index (χ2v) is 11.5. The molecule has 2 aliphatic carbocycles. The summed E-state index contributed by atoms with van der Waals surface area (Å²) in [6, 6.07) is 20.1. The van der Waals surface area contributed by atoms with E-state index in [0.717, 1.165) is 66.6 Å². The molecular formula is C31H33N5O2. The number of benzene rings is 2. The molecule has 1 amide bonds. The molecule has 3 aliphatic rings. The summed E-state index contributed by atoms with van der Waals surface area (Å²) in [4.78, 5) is 20.4. The average molecular weight is 508 g/mol. The van der Waals surface area contributed by atoms with E-state index in [-0.39, 0.29) is 18.1 Å². The molecule has 2 aromatic carbocycles. The van der Waals surface area contributed by atoms with Gasteiger partial charge in [-0.2, -0.15) is 5.10 Å². The third kappa shape index (κ3) is 4.15. The molecule has 3 heterocycles. The predicted molar refractivity (Wildman–Crippen MR) is 148 cm³/mol. The number of nitrogens with zero attached hydrogens (tertiary/aromatic N) is 3. The second kappa shape index (κ2) is 9.24. The van der Waals surface area contributed by atoms with E-state index in [1.807, 2.05) is 36.4 Å². The van der Waals surface area contributed by atoms with Gasteiger partial charge in [0.25, 0.3) is 5.91 Å².